The number of aliphatic hydroxyl groups is 1. The predicted molar refractivity (Wildman–Crippen MR) is 69.8 cm³/mol. The van der Waals surface area contributed by atoms with Gasteiger partial charge in [-0.2, -0.15) is 0 Å². The van der Waals surface area contributed by atoms with Crippen LogP contribution in [0.3, 0.4) is 0 Å². The van der Waals surface area contributed by atoms with Crippen molar-refractivity contribution in [1.82, 2.24) is 0 Å². The summed E-state index contributed by atoms with van der Waals surface area (Å²) < 4.78 is 5.62. The standard InChI is InChI=1S/C15H26O2/c1-11(5-6-13-14(2,3)17-13)12-7-9-15(4,16)10-8-12/h7,9,11-13,16H,5-6,8,10H2,1-4H3/t11-,12-,13-,15+/m0/s1. The average molecular weight is 238 g/mol. The molecule has 0 saturated carbocycles. The van der Waals surface area contributed by atoms with Crippen LogP contribution < -0.4 is 0 Å². The first-order valence-electron chi connectivity index (χ1n) is 6.90. The number of hydrogen-bond acceptors (Lipinski definition) is 2. The van der Waals surface area contributed by atoms with Gasteiger partial charge in [-0.25, -0.2) is 0 Å². The molecule has 0 spiro atoms. The van der Waals surface area contributed by atoms with Crippen molar-refractivity contribution in [2.24, 2.45) is 11.8 Å². The second-order valence-corrected chi connectivity index (χ2v) is 6.68. The average Bonchev–Trinajstić information content (AvgIpc) is 2.83. The van der Waals surface area contributed by atoms with Crippen molar-refractivity contribution in [3.05, 3.63) is 12.2 Å². The summed E-state index contributed by atoms with van der Waals surface area (Å²) in [6.45, 7) is 8.55. The van der Waals surface area contributed by atoms with E-state index >= 15 is 0 Å². The van der Waals surface area contributed by atoms with E-state index < -0.39 is 5.60 Å². The largest absolute Gasteiger partial charge is 0.386 e. The third kappa shape index (κ3) is 3.32. The molecule has 2 heteroatoms. The Bertz CT molecular complexity index is 304. The Kier molecular flexibility index (Phi) is 3.39. The Morgan fingerprint density at radius 2 is 2.06 bits per heavy atom. The van der Waals surface area contributed by atoms with Gasteiger partial charge in [0.05, 0.1) is 17.3 Å². The first-order valence-corrected chi connectivity index (χ1v) is 6.90. The van der Waals surface area contributed by atoms with Crippen molar-refractivity contribution < 1.29 is 9.84 Å². The van der Waals surface area contributed by atoms with Crippen LogP contribution in [0.25, 0.3) is 0 Å². The molecule has 1 saturated heterocycles. The molecule has 0 radical (unpaired) electrons. The van der Waals surface area contributed by atoms with E-state index in [1.54, 1.807) is 0 Å². The lowest BCUT2D eigenvalue weighted by Crippen LogP contribution is -2.27. The van der Waals surface area contributed by atoms with Crippen molar-refractivity contribution in [2.75, 3.05) is 0 Å². The van der Waals surface area contributed by atoms with Crippen LogP contribution in [-0.2, 0) is 4.74 Å². The molecule has 0 aromatic rings. The van der Waals surface area contributed by atoms with Crippen LogP contribution in [0.2, 0.25) is 0 Å². The molecule has 0 amide bonds. The van der Waals surface area contributed by atoms with E-state index in [0.717, 1.165) is 12.8 Å². The summed E-state index contributed by atoms with van der Waals surface area (Å²) in [4.78, 5) is 0. The molecule has 1 fully saturated rings. The molecule has 0 aromatic heterocycles. The SMILES string of the molecule is C[C@@H](CC[C@@H]1OC1(C)C)[C@H]1C=C[C@@](C)(O)CC1. The summed E-state index contributed by atoms with van der Waals surface area (Å²) in [5.74, 6) is 1.33. The van der Waals surface area contributed by atoms with Crippen molar-refractivity contribution in [3.8, 4) is 0 Å². The summed E-state index contributed by atoms with van der Waals surface area (Å²) in [5.41, 5.74) is -0.441. The highest BCUT2D eigenvalue weighted by Crippen LogP contribution is 2.40. The molecule has 98 valence electrons. The van der Waals surface area contributed by atoms with Gasteiger partial charge in [0.15, 0.2) is 0 Å². The number of hydrogen-bond donors (Lipinski definition) is 1. The maximum Gasteiger partial charge on any atom is 0.0892 e. The third-order valence-corrected chi connectivity index (χ3v) is 4.47. The summed E-state index contributed by atoms with van der Waals surface area (Å²) >= 11 is 0. The molecule has 2 nitrogen and oxygen atoms in total. The normalized spacial score (nSPS) is 41.2. The van der Waals surface area contributed by atoms with Crippen LogP contribution in [0.15, 0.2) is 12.2 Å². The quantitative estimate of drug-likeness (QED) is 0.602. The zero-order valence-electron chi connectivity index (χ0n) is 11.6. The van der Waals surface area contributed by atoms with Gasteiger partial charge in [0.25, 0.3) is 0 Å². The van der Waals surface area contributed by atoms with E-state index in [1.165, 1.54) is 12.8 Å². The lowest BCUT2D eigenvalue weighted by Gasteiger charge is -2.30. The van der Waals surface area contributed by atoms with Gasteiger partial charge in [0.1, 0.15) is 0 Å². The van der Waals surface area contributed by atoms with E-state index in [0.29, 0.717) is 17.9 Å². The van der Waals surface area contributed by atoms with E-state index in [1.807, 2.05) is 13.0 Å². The minimum atomic E-state index is -0.572. The molecule has 1 aliphatic heterocycles. The zero-order valence-corrected chi connectivity index (χ0v) is 11.6. The highest BCUT2D eigenvalue weighted by atomic mass is 16.6. The maximum atomic E-state index is 9.86. The molecule has 17 heavy (non-hydrogen) atoms. The van der Waals surface area contributed by atoms with Gasteiger partial charge in [0, 0.05) is 0 Å². The molecule has 2 aliphatic rings. The van der Waals surface area contributed by atoms with E-state index in [9.17, 15) is 5.11 Å². The van der Waals surface area contributed by atoms with Crippen LogP contribution in [0.1, 0.15) is 53.4 Å². The molecule has 1 N–H and O–H groups in total. The smallest absolute Gasteiger partial charge is 0.0892 e. The summed E-state index contributed by atoms with van der Waals surface area (Å²) in [7, 11) is 0. The minimum absolute atomic E-state index is 0.131. The fraction of sp³-hybridized carbons (Fsp3) is 0.867. The number of allylic oxidation sites excluding steroid dienone is 1. The molecule has 1 aliphatic carbocycles. The zero-order chi connectivity index (χ0) is 12.7. The Morgan fingerprint density at radius 1 is 1.41 bits per heavy atom. The molecule has 0 aromatic carbocycles. The fourth-order valence-corrected chi connectivity index (χ4v) is 2.81. The molecule has 0 bridgehead atoms. The molecular formula is C15H26O2. The van der Waals surface area contributed by atoms with Crippen LogP contribution >= 0.6 is 0 Å². The highest BCUT2D eigenvalue weighted by molar-refractivity contribution is 5.06. The summed E-state index contributed by atoms with van der Waals surface area (Å²) in [6.07, 6.45) is 9.08. The van der Waals surface area contributed by atoms with E-state index in [-0.39, 0.29) is 5.60 Å². The second-order valence-electron chi connectivity index (χ2n) is 6.68. The van der Waals surface area contributed by atoms with Crippen LogP contribution in [-0.4, -0.2) is 22.4 Å². The van der Waals surface area contributed by atoms with Gasteiger partial charge in [0.2, 0.25) is 0 Å². The number of rotatable bonds is 4. The Labute approximate surface area is 105 Å². The highest BCUT2D eigenvalue weighted by Gasteiger charge is 2.47. The Morgan fingerprint density at radius 3 is 2.53 bits per heavy atom. The number of ether oxygens (including phenoxy) is 1. The van der Waals surface area contributed by atoms with Gasteiger partial charge in [-0.05, 0) is 58.3 Å². The monoisotopic (exact) mass is 238 g/mol. The van der Waals surface area contributed by atoms with Gasteiger partial charge >= 0.3 is 0 Å². The second kappa shape index (κ2) is 4.40. The summed E-state index contributed by atoms with van der Waals surface area (Å²) in [5, 5.41) is 9.86. The maximum absolute atomic E-state index is 9.86. The van der Waals surface area contributed by atoms with E-state index in [2.05, 4.69) is 26.8 Å². The lowest BCUT2D eigenvalue weighted by molar-refractivity contribution is 0.0830. The molecular weight excluding hydrogens is 212 g/mol. The Balaban J connectivity index is 1.76. The van der Waals surface area contributed by atoms with Crippen LogP contribution in [0, 0.1) is 11.8 Å². The van der Waals surface area contributed by atoms with Gasteiger partial charge < -0.3 is 9.84 Å². The number of epoxide rings is 1. The lowest BCUT2D eigenvalue weighted by atomic mass is 9.78. The summed E-state index contributed by atoms with van der Waals surface area (Å²) in [6, 6.07) is 0. The van der Waals surface area contributed by atoms with Crippen molar-refractivity contribution in [2.45, 2.75) is 70.7 Å². The third-order valence-electron chi connectivity index (χ3n) is 4.47. The van der Waals surface area contributed by atoms with Gasteiger partial charge in [-0.15, -0.1) is 0 Å². The molecule has 1 heterocycles. The first-order chi connectivity index (χ1) is 7.80. The topological polar surface area (TPSA) is 32.8 Å². The molecule has 2 rings (SSSR count). The minimum Gasteiger partial charge on any atom is -0.386 e. The predicted octanol–water partition coefficient (Wildman–Crippen LogP) is 3.30. The van der Waals surface area contributed by atoms with Crippen molar-refractivity contribution in [3.63, 3.8) is 0 Å². The van der Waals surface area contributed by atoms with Crippen LogP contribution in [0.4, 0.5) is 0 Å². The molecule has 0 unspecified atom stereocenters. The van der Waals surface area contributed by atoms with Gasteiger partial charge in [-0.1, -0.05) is 19.1 Å². The van der Waals surface area contributed by atoms with Crippen LogP contribution in [0.5, 0.6) is 0 Å². The molecule has 4 atom stereocenters. The fourth-order valence-electron chi connectivity index (χ4n) is 2.81. The van der Waals surface area contributed by atoms with E-state index in [4.69, 9.17) is 4.74 Å². The van der Waals surface area contributed by atoms with Gasteiger partial charge in [-0.3, -0.25) is 0 Å². The Hall–Kier alpha value is -0.340. The first kappa shape index (κ1) is 13.1. The van der Waals surface area contributed by atoms with Crippen molar-refractivity contribution in [1.29, 1.82) is 0 Å². The van der Waals surface area contributed by atoms with Crippen molar-refractivity contribution >= 4 is 0 Å².